The lowest BCUT2D eigenvalue weighted by Gasteiger charge is -2.26. The van der Waals surface area contributed by atoms with E-state index in [0.717, 1.165) is 11.4 Å². The van der Waals surface area contributed by atoms with Crippen LogP contribution in [0.15, 0.2) is 24.5 Å². The van der Waals surface area contributed by atoms with E-state index in [4.69, 9.17) is 5.73 Å². The average molecular weight is 243 g/mol. The number of aryl methyl sites for hydroxylation is 1. The van der Waals surface area contributed by atoms with Gasteiger partial charge >= 0.3 is 0 Å². The van der Waals surface area contributed by atoms with Crippen LogP contribution in [-0.2, 0) is 13.5 Å². The minimum absolute atomic E-state index is 0.444. The molecule has 2 N–H and O–H groups in total. The van der Waals surface area contributed by atoms with Gasteiger partial charge in [0.25, 0.3) is 0 Å². The van der Waals surface area contributed by atoms with Crippen LogP contribution in [0.4, 0.5) is 0 Å². The fourth-order valence-electron chi connectivity index (χ4n) is 3.03. The van der Waals surface area contributed by atoms with E-state index in [-0.39, 0.29) is 0 Å². The number of aromatic nitrogens is 2. The molecule has 3 nitrogen and oxygen atoms in total. The molecule has 0 bridgehead atoms. The van der Waals surface area contributed by atoms with E-state index in [1.54, 1.807) is 0 Å². The van der Waals surface area contributed by atoms with Crippen LogP contribution in [0.2, 0.25) is 0 Å². The third kappa shape index (κ3) is 2.27. The number of hydrogen-bond donors (Lipinski definition) is 1. The predicted octanol–water partition coefficient (Wildman–Crippen LogP) is 2.63. The molecule has 1 fully saturated rings. The molecule has 1 aliphatic rings. The van der Waals surface area contributed by atoms with Crippen molar-refractivity contribution in [3.05, 3.63) is 30.1 Å². The summed E-state index contributed by atoms with van der Waals surface area (Å²) in [5.74, 6) is 0.811. The van der Waals surface area contributed by atoms with Gasteiger partial charge in [0.2, 0.25) is 0 Å². The van der Waals surface area contributed by atoms with Gasteiger partial charge in [-0.25, -0.2) is 4.98 Å². The molecule has 2 aromatic rings. The molecule has 0 radical (unpaired) electrons. The van der Waals surface area contributed by atoms with Gasteiger partial charge in [-0.15, -0.1) is 0 Å². The molecule has 0 amide bonds. The molecular weight excluding hydrogens is 222 g/mol. The zero-order valence-electron chi connectivity index (χ0n) is 11.0. The summed E-state index contributed by atoms with van der Waals surface area (Å²) in [5, 5.41) is 0. The average Bonchev–Trinajstić information content (AvgIpc) is 2.74. The largest absolute Gasteiger partial charge is 0.334 e. The lowest BCUT2D eigenvalue weighted by Crippen LogP contribution is -2.27. The minimum Gasteiger partial charge on any atom is -0.334 e. The number of nitrogens with two attached hydrogens (primary N) is 1. The Morgan fingerprint density at radius 1 is 1.28 bits per heavy atom. The van der Waals surface area contributed by atoms with Gasteiger partial charge in [0.05, 0.1) is 17.4 Å². The van der Waals surface area contributed by atoms with Crippen LogP contribution in [0.1, 0.15) is 31.2 Å². The topological polar surface area (TPSA) is 43.8 Å². The quantitative estimate of drug-likeness (QED) is 0.881. The van der Waals surface area contributed by atoms with E-state index >= 15 is 0 Å². The molecule has 18 heavy (non-hydrogen) atoms. The van der Waals surface area contributed by atoms with Crippen molar-refractivity contribution in [1.82, 2.24) is 9.55 Å². The molecule has 3 heteroatoms. The van der Waals surface area contributed by atoms with Gasteiger partial charge in [-0.05, 0) is 55.7 Å². The zero-order chi connectivity index (χ0) is 12.5. The predicted molar refractivity (Wildman–Crippen MR) is 74.4 cm³/mol. The van der Waals surface area contributed by atoms with Crippen LogP contribution < -0.4 is 5.73 Å². The normalized spacial score (nSPS) is 24.6. The highest BCUT2D eigenvalue weighted by atomic mass is 15.0. The molecule has 0 atom stereocenters. The smallest absolute Gasteiger partial charge is 0.0955 e. The van der Waals surface area contributed by atoms with Crippen LogP contribution in [0.25, 0.3) is 11.0 Å². The summed E-state index contributed by atoms with van der Waals surface area (Å²) in [4.78, 5) is 4.43. The maximum Gasteiger partial charge on any atom is 0.0955 e. The fraction of sp³-hybridized carbons (Fsp3) is 0.533. The van der Waals surface area contributed by atoms with E-state index in [2.05, 4.69) is 27.8 Å². The molecule has 1 aromatic carbocycles. The first-order valence-corrected chi connectivity index (χ1v) is 6.88. The molecule has 1 aromatic heterocycles. The number of rotatable bonds is 2. The van der Waals surface area contributed by atoms with Crippen LogP contribution in [0.3, 0.4) is 0 Å². The Hall–Kier alpha value is -1.35. The van der Waals surface area contributed by atoms with Crippen molar-refractivity contribution in [2.45, 2.75) is 38.1 Å². The second-order valence-corrected chi connectivity index (χ2v) is 5.66. The number of nitrogens with zero attached hydrogens (tertiary/aromatic N) is 2. The van der Waals surface area contributed by atoms with E-state index < -0.39 is 0 Å². The monoisotopic (exact) mass is 243 g/mol. The first-order chi connectivity index (χ1) is 8.72. The third-order valence-electron chi connectivity index (χ3n) is 4.21. The molecule has 96 valence electrons. The molecule has 3 rings (SSSR count). The molecule has 1 heterocycles. The maximum atomic E-state index is 5.95. The Morgan fingerprint density at radius 2 is 2.06 bits per heavy atom. The van der Waals surface area contributed by atoms with Gasteiger partial charge in [0.15, 0.2) is 0 Å². The molecular formula is C15H21N3. The maximum absolute atomic E-state index is 5.95. The number of benzene rings is 1. The Bertz CT molecular complexity index is 536. The summed E-state index contributed by atoms with van der Waals surface area (Å²) in [5.41, 5.74) is 9.70. The summed E-state index contributed by atoms with van der Waals surface area (Å²) in [6.45, 7) is 0. The van der Waals surface area contributed by atoms with Crippen molar-refractivity contribution in [3.8, 4) is 0 Å². The standard InChI is InChI=1S/C15H21N3/c1-18-10-17-14-9-12(4-7-15(14)18)8-11-2-5-13(16)6-3-11/h4,7,9-11,13H,2-3,5-6,8,16H2,1H3. The van der Waals surface area contributed by atoms with Crippen LogP contribution in [0.5, 0.6) is 0 Å². The second kappa shape index (κ2) is 4.73. The lowest BCUT2D eigenvalue weighted by atomic mass is 9.83. The number of fused-ring (bicyclic) bond motifs is 1. The molecule has 0 spiro atoms. The van der Waals surface area contributed by atoms with Gasteiger partial charge in [-0.2, -0.15) is 0 Å². The third-order valence-corrected chi connectivity index (χ3v) is 4.21. The van der Waals surface area contributed by atoms with Crippen molar-refractivity contribution in [2.24, 2.45) is 18.7 Å². The Balaban J connectivity index is 1.74. The van der Waals surface area contributed by atoms with Crippen LogP contribution >= 0.6 is 0 Å². The first kappa shape index (κ1) is 11.7. The van der Waals surface area contributed by atoms with Gasteiger partial charge in [0.1, 0.15) is 0 Å². The summed E-state index contributed by atoms with van der Waals surface area (Å²) in [6.07, 6.45) is 8.00. The van der Waals surface area contributed by atoms with Crippen molar-refractivity contribution in [2.75, 3.05) is 0 Å². The SMILES string of the molecule is Cn1cnc2cc(CC3CCC(N)CC3)ccc21. The Labute approximate surface area is 108 Å². The molecule has 0 saturated heterocycles. The zero-order valence-corrected chi connectivity index (χ0v) is 11.0. The van der Waals surface area contributed by atoms with E-state index in [9.17, 15) is 0 Å². The second-order valence-electron chi connectivity index (χ2n) is 5.66. The van der Waals surface area contributed by atoms with Crippen LogP contribution in [-0.4, -0.2) is 15.6 Å². The molecule has 1 aliphatic carbocycles. The number of hydrogen-bond acceptors (Lipinski definition) is 2. The highest BCUT2D eigenvalue weighted by Gasteiger charge is 2.18. The van der Waals surface area contributed by atoms with Crippen LogP contribution in [0, 0.1) is 5.92 Å². The number of imidazole rings is 1. The van der Waals surface area contributed by atoms with Crippen molar-refractivity contribution in [3.63, 3.8) is 0 Å². The Morgan fingerprint density at radius 3 is 2.83 bits per heavy atom. The van der Waals surface area contributed by atoms with Gasteiger partial charge in [-0.1, -0.05) is 6.07 Å². The van der Waals surface area contributed by atoms with Gasteiger partial charge < -0.3 is 10.3 Å². The summed E-state index contributed by atoms with van der Waals surface area (Å²) >= 11 is 0. The lowest BCUT2D eigenvalue weighted by molar-refractivity contribution is 0.325. The first-order valence-electron chi connectivity index (χ1n) is 6.88. The molecule has 0 aliphatic heterocycles. The molecule has 0 unspecified atom stereocenters. The molecule has 1 saturated carbocycles. The summed E-state index contributed by atoms with van der Waals surface area (Å²) < 4.78 is 2.07. The Kier molecular flexibility index (Phi) is 3.08. The van der Waals surface area contributed by atoms with Gasteiger partial charge in [0, 0.05) is 13.1 Å². The highest BCUT2D eigenvalue weighted by Crippen LogP contribution is 2.27. The summed E-state index contributed by atoms with van der Waals surface area (Å²) in [7, 11) is 2.04. The fourth-order valence-corrected chi connectivity index (χ4v) is 3.03. The van der Waals surface area contributed by atoms with Crippen molar-refractivity contribution in [1.29, 1.82) is 0 Å². The van der Waals surface area contributed by atoms with E-state index in [1.165, 1.54) is 43.2 Å². The van der Waals surface area contributed by atoms with E-state index in [1.807, 2.05) is 13.4 Å². The van der Waals surface area contributed by atoms with Gasteiger partial charge in [-0.3, -0.25) is 0 Å². The van der Waals surface area contributed by atoms with Crippen molar-refractivity contribution < 1.29 is 0 Å². The minimum atomic E-state index is 0.444. The van der Waals surface area contributed by atoms with Crippen molar-refractivity contribution >= 4 is 11.0 Å². The summed E-state index contributed by atoms with van der Waals surface area (Å²) in [6, 6.07) is 7.12. The highest BCUT2D eigenvalue weighted by molar-refractivity contribution is 5.75. The van der Waals surface area contributed by atoms with E-state index in [0.29, 0.717) is 6.04 Å².